The molecular formula is C10H19NO3. The lowest BCUT2D eigenvalue weighted by molar-refractivity contribution is -0.131. The standard InChI is InChI=1S/C10H19NO3/c1-7-4-6-14-9(7)10(13)11-5-3-8(2)12/h7-9,12H,3-6H2,1-2H3,(H,11,13). The van der Waals surface area contributed by atoms with Crippen molar-refractivity contribution in [1.29, 1.82) is 0 Å². The minimum atomic E-state index is -0.364. The van der Waals surface area contributed by atoms with Gasteiger partial charge in [0, 0.05) is 13.2 Å². The summed E-state index contributed by atoms with van der Waals surface area (Å²) in [5, 5.41) is 11.8. The molecule has 1 aliphatic rings. The van der Waals surface area contributed by atoms with E-state index in [1.165, 1.54) is 0 Å². The monoisotopic (exact) mass is 201 g/mol. The third-order valence-corrected chi connectivity index (χ3v) is 2.51. The van der Waals surface area contributed by atoms with Gasteiger partial charge in [0.2, 0.25) is 5.91 Å². The van der Waals surface area contributed by atoms with Gasteiger partial charge in [0.25, 0.3) is 0 Å². The lowest BCUT2D eigenvalue weighted by Crippen LogP contribution is -2.38. The molecule has 14 heavy (non-hydrogen) atoms. The number of hydrogen-bond donors (Lipinski definition) is 2. The highest BCUT2D eigenvalue weighted by molar-refractivity contribution is 5.81. The van der Waals surface area contributed by atoms with Crippen LogP contribution in [0.5, 0.6) is 0 Å². The molecule has 0 bridgehead atoms. The van der Waals surface area contributed by atoms with Crippen LogP contribution in [0.4, 0.5) is 0 Å². The maximum Gasteiger partial charge on any atom is 0.249 e. The van der Waals surface area contributed by atoms with Crippen LogP contribution < -0.4 is 5.32 Å². The summed E-state index contributed by atoms with van der Waals surface area (Å²) in [7, 11) is 0. The first-order valence-corrected chi connectivity index (χ1v) is 5.18. The number of aliphatic hydroxyl groups excluding tert-OH is 1. The summed E-state index contributed by atoms with van der Waals surface area (Å²) >= 11 is 0. The second-order valence-electron chi connectivity index (χ2n) is 3.99. The van der Waals surface area contributed by atoms with E-state index in [1.807, 2.05) is 6.92 Å². The molecule has 1 rings (SSSR count). The van der Waals surface area contributed by atoms with Crippen LogP contribution in [0, 0.1) is 5.92 Å². The van der Waals surface area contributed by atoms with Crippen LogP contribution in [0.3, 0.4) is 0 Å². The number of hydrogen-bond acceptors (Lipinski definition) is 3. The Morgan fingerprint density at radius 2 is 2.43 bits per heavy atom. The minimum Gasteiger partial charge on any atom is -0.393 e. The van der Waals surface area contributed by atoms with E-state index in [2.05, 4.69) is 5.32 Å². The van der Waals surface area contributed by atoms with E-state index in [0.29, 0.717) is 25.5 Å². The van der Waals surface area contributed by atoms with Gasteiger partial charge in [-0.1, -0.05) is 6.92 Å². The Hall–Kier alpha value is -0.610. The van der Waals surface area contributed by atoms with Crippen LogP contribution in [-0.2, 0) is 9.53 Å². The van der Waals surface area contributed by atoms with Gasteiger partial charge in [0.05, 0.1) is 6.10 Å². The number of nitrogens with one attached hydrogen (secondary N) is 1. The molecule has 1 fully saturated rings. The Kier molecular flexibility index (Phi) is 4.35. The molecule has 4 heteroatoms. The first kappa shape index (κ1) is 11.5. The lowest BCUT2D eigenvalue weighted by atomic mass is 10.0. The summed E-state index contributed by atoms with van der Waals surface area (Å²) < 4.78 is 5.31. The molecule has 82 valence electrons. The first-order valence-electron chi connectivity index (χ1n) is 5.18. The van der Waals surface area contributed by atoms with Crippen molar-refractivity contribution < 1.29 is 14.6 Å². The van der Waals surface area contributed by atoms with E-state index >= 15 is 0 Å². The van der Waals surface area contributed by atoms with Crippen LogP contribution in [0.25, 0.3) is 0 Å². The molecule has 0 aromatic carbocycles. The second kappa shape index (κ2) is 5.32. The Labute approximate surface area is 84.6 Å². The molecule has 4 nitrogen and oxygen atoms in total. The summed E-state index contributed by atoms with van der Waals surface area (Å²) in [5.41, 5.74) is 0. The largest absolute Gasteiger partial charge is 0.393 e. The molecule has 1 heterocycles. The van der Waals surface area contributed by atoms with Gasteiger partial charge in [-0.25, -0.2) is 0 Å². The van der Waals surface area contributed by atoms with Gasteiger partial charge in [0.1, 0.15) is 6.10 Å². The Bertz CT molecular complexity index is 194. The summed E-state index contributed by atoms with van der Waals surface area (Å²) in [6.45, 7) is 4.92. The quantitative estimate of drug-likeness (QED) is 0.687. The van der Waals surface area contributed by atoms with Crippen molar-refractivity contribution in [3.8, 4) is 0 Å². The Balaban J connectivity index is 2.21. The van der Waals surface area contributed by atoms with Gasteiger partial charge in [-0.2, -0.15) is 0 Å². The molecule has 3 unspecified atom stereocenters. The van der Waals surface area contributed by atoms with Gasteiger partial charge in [-0.3, -0.25) is 4.79 Å². The van der Waals surface area contributed by atoms with Gasteiger partial charge < -0.3 is 15.2 Å². The third-order valence-electron chi connectivity index (χ3n) is 2.51. The van der Waals surface area contributed by atoms with Crippen LogP contribution in [0.15, 0.2) is 0 Å². The van der Waals surface area contributed by atoms with Crippen molar-refractivity contribution in [3.05, 3.63) is 0 Å². The minimum absolute atomic E-state index is 0.0457. The third kappa shape index (κ3) is 3.27. The fourth-order valence-corrected chi connectivity index (χ4v) is 1.54. The summed E-state index contributed by atoms with van der Waals surface area (Å²) in [4.78, 5) is 11.5. The van der Waals surface area contributed by atoms with Gasteiger partial charge in [0.15, 0.2) is 0 Å². The van der Waals surface area contributed by atoms with E-state index in [0.717, 1.165) is 6.42 Å². The van der Waals surface area contributed by atoms with Crippen molar-refractivity contribution in [1.82, 2.24) is 5.32 Å². The van der Waals surface area contributed by atoms with E-state index in [9.17, 15) is 4.79 Å². The van der Waals surface area contributed by atoms with E-state index in [1.54, 1.807) is 6.92 Å². The van der Waals surface area contributed by atoms with E-state index in [-0.39, 0.29) is 18.1 Å². The molecule has 3 atom stereocenters. The molecule has 1 amide bonds. The number of ether oxygens (including phenoxy) is 1. The molecule has 0 spiro atoms. The van der Waals surface area contributed by atoms with Crippen LogP contribution in [0.1, 0.15) is 26.7 Å². The SMILES string of the molecule is CC(O)CCNC(=O)C1OCCC1C. The maximum absolute atomic E-state index is 11.5. The molecule has 0 saturated carbocycles. The lowest BCUT2D eigenvalue weighted by Gasteiger charge is -2.14. The zero-order valence-electron chi connectivity index (χ0n) is 8.82. The van der Waals surface area contributed by atoms with Crippen molar-refractivity contribution in [2.24, 2.45) is 5.92 Å². The Morgan fingerprint density at radius 1 is 1.71 bits per heavy atom. The highest BCUT2D eigenvalue weighted by atomic mass is 16.5. The predicted octanol–water partition coefficient (Wildman–Crippen LogP) is 0.298. The van der Waals surface area contributed by atoms with Crippen molar-refractivity contribution in [2.75, 3.05) is 13.2 Å². The van der Waals surface area contributed by atoms with Crippen molar-refractivity contribution in [3.63, 3.8) is 0 Å². The molecule has 0 aliphatic carbocycles. The highest BCUT2D eigenvalue weighted by Gasteiger charge is 2.30. The maximum atomic E-state index is 11.5. The second-order valence-corrected chi connectivity index (χ2v) is 3.99. The fourth-order valence-electron chi connectivity index (χ4n) is 1.54. The zero-order chi connectivity index (χ0) is 10.6. The molecule has 0 aromatic heterocycles. The summed E-state index contributed by atoms with van der Waals surface area (Å²) in [6, 6.07) is 0. The number of aliphatic hydroxyl groups is 1. The van der Waals surface area contributed by atoms with E-state index < -0.39 is 0 Å². The van der Waals surface area contributed by atoms with Crippen molar-refractivity contribution >= 4 is 5.91 Å². The first-order chi connectivity index (χ1) is 6.61. The van der Waals surface area contributed by atoms with Crippen LogP contribution >= 0.6 is 0 Å². The number of carbonyl (C=O) groups excluding carboxylic acids is 1. The van der Waals surface area contributed by atoms with Crippen LogP contribution in [-0.4, -0.2) is 36.4 Å². The highest BCUT2D eigenvalue weighted by Crippen LogP contribution is 2.19. The predicted molar refractivity (Wildman–Crippen MR) is 52.8 cm³/mol. The molecule has 0 radical (unpaired) electrons. The molecule has 0 aromatic rings. The number of amides is 1. The summed E-state index contributed by atoms with van der Waals surface area (Å²) in [5.74, 6) is 0.261. The van der Waals surface area contributed by atoms with Crippen LogP contribution in [0.2, 0.25) is 0 Å². The zero-order valence-corrected chi connectivity index (χ0v) is 8.82. The molecule has 1 aliphatic heterocycles. The van der Waals surface area contributed by atoms with Gasteiger partial charge in [-0.15, -0.1) is 0 Å². The molecule has 2 N–H and O–H groups in total. The molecular weight excluding hydrogens is 182 g/mol. The number of carbonyl (C=O) groups is 1. The topological polar surface area (TPSA) is 58.6 Å². The Morgan fingerprint density at radius 3 is 2.93 bits per heavy atom. The summed E-state index contributed by atoms with van der Waals surface area (Å²) in [6.07, 6.45) is 0.891. The smallest absolute Gasteiger partial charge is 0.249 e. The number of rotatable bonds is 4. The van der Waals surface area contributed by atoms with E-state index in [4.69, 9.17) is 9.84 Å². The normalized spacial score (nSPS) is 28.8. The fraction of sp³-hybridized carbons (Fsp3) is 0.900. The average molecular weight is 201 g/mol. The van der Waals surface area contributed by atoms with Gasteiger partial charge >= 0.3 is 0 Å². The average Bonchev–Trinajstić information content (AvgIpc) is 2.50. The van der Waals surface area contributed by atoms with Gasteiger partial charge in [-0.05, 0) is 25.7 Å². The molecule has 1 saturated heterocycles. The van der Waals surface area contributed by atoms with Crippen molar-refractivity contribution in [2.45, 2.75) is 38.9 Å².